The summed E-state index contributed by atoms with van der Waals surface area (Å²) < 4.78 is 0. The molecule has 21 heavy (non-hydrogen) atoms. The van der Waals surface area contributed by atoms with E-state index in [4.69, 9.17) is 11.0 Å². The fourth-order valence-electron chi connectivity index (χ4n) is 3.64. The van der Waals surface area contributed by atoms with Gasteiger partial charge in [0.25, 0.3) is 0 Å². The monoisotopic (exact) mass is 284 g/mol. The average Bonchev–Trinajstić information content (AvgIpc) is 2.56. The van der Waals surface area contributed by atoms with Gasteiger partial charge in [0.05, 0.1) is 23.0 Å². The van der Waals surface area contributed by atoms with Gasteiger partial charge in [-0.05, 0) is 57.0 Å². The lowest BCUT2D eigenvalue weighted by Crippen LogP contribution is -2.46. The predicted octanol–water partition coefficient (Wildman–Crippen LogP) is 2.60. The van der Waals surface area contributed by atoms with Crippen molar-refractivity contribution in [1.82, 2.24) is 4.90 Å². The van der Waals surface area contributed by atoms with Crippen LogP contribution in [0.25, 0.3) is 0 Å². The molecule has 112 valence electrons. The van der Waals surface area contributed by atoms with Crippen molar-refractivity contribution in [2.75, 3.05) is 36.8 Å². The number of benzene rings is 1. The summed E-state index contributed by atoms with van der Waals surface area (Å²) in [5, 5.41) is 9.05. The van der Waals surface area contributed by atoms with Crippen molar-refractivity contribution < 1.29 is 0 Å². The number of nitriles is 1. The van der Waals surface area contributed by atoms with Crippen molar-refractivity contribution >= 4 is 11.4 Å². The Morgan fingerprint density at radius 3 is 2.43 bits per heavy atom. The Morgan fingerprint density at radius 1 is 1.05 bits per heavy atom. The second-order valence-corrected chi connectivity index (χ2v) is 6.20. The highest BCUT2D eigenvalue weighted by molar-refractivity contribution is 5.69. The molecule has 2 N–H and O–H groups in total. The summed E-state index contributed by atoms with van der Waals surface area (Å²) in [6.07, 6.45) is 6.52. The highest BCUT2D eigenvalue weighted by Gasteiger charge is 2.26. The highest BCUT2D eigenvalue weighted by Crippen LogP contribution is 2.29. The van der Waals surface area contributed by atoms with Crippen molar-refractivity contribution in [2.45, 2.75) is 38.1 Å². The van der Waals surface area contributed by atoms with Crippen molar-refractivity contribution in [2.24, 2.45) is 0 Å². The SMILES string of the molecule is N#Cc1ccc(N)c(N2CCC(N3CCCCC3)CC2)c1. The summed E-state index contributed by atoms with van der Waals surface area (Å²) in [6, 6.07) is 8.51. The minimum atomic E-state index is 0.692. The van der Waals surface area contributed by atoms with E-state index < -0.39 is 0 Å². The Hall–Kier alpha value is -1.73. The maximum Gasteiger partial charge on any atom is 0.0992 e. The van der Waals surface area contributed by atoms with Crippen LogP contribution in [0.4, 0.5) is 11.4 Å². The van der Waals surface area contributed by atoms with Gasteiger partial charge in [-0.3, -0.25) is 0 Å². The van der Waals surface area contributed by atoms with E-state index in [0.29, 0.717) is 5.56 Å². The van der Waals surface area contributed by atoms with Crippen LogP contribution in [0.3, 0.4) is 0 Å². The molecule has 0 aromatic heterocycles. The van der Waals surface area contributed by atoms with Gasteiger partial charge in [-0.1, -0.05) is 6.42 Å². The van der Waals surface area contributed by atoms with E-state index in [1.165, 1.54) is 45.2 Å². The van der Waals surface area contributed by atoms with Crippen molar-refractivity contribution in [3.63, 3.8) is 0 Å². The van der Waals surface area contributed by atoms with Gasteiger partial charge in [-0.25, -0.2) is 0 Å². The van der Waals surface area contributed by atoms with Crippen LogP contribution in [0.5, 0.6) is 0 Å². The molecule has 4 heteroatoms. The summed E-state index contributed by atoms with van der Waals surface area (Å²) >= 11 is 0. The molecular formula is C17H24N4. The normalized spacial score (nSPS) is 21.2. The smallest absolute Gasteiger partial charge is 0.0992 e. The minimum absolute atomic E-state index is 0.692. The molecule has 3 rings (SSSR count). The first-order valence-electron chi connectivity index (χ1n) is 8.06. The lowest BCUT2D eigenvalue weighted by atomic mass is 9.99. The van der Waals surface area contributed by atoms with E-state index in [1.54, 1.807) is 6.07 Å². The zero-order chi connectivity index (χ0) is 14.7. The number of hydrogen-bond acceptors (Lipinski definition) is 4. The zero-order valence-corrected chi connectivity index (χ0v) is 12.6. The Kier molecular flexibility index (Phi) is 4.31. The number of anilines is 2. The minimum Gasteiger partial charge on any atom is -0.397 e. The molecule has 1 aromatic rings. The van der Waals surface area contributed by atoms with E-state index in [2.05, 4.69) is 15.9 Å². The number of likely N-dealkylation sites (tertiary alicyclic amines) is 1. The number of nitrogens with two attached hydrogens (primary N) is 1. The Labute approximate surface area is 127 Å². The molecule has 2 heterocycles. The Morgan fingerprint density at radius 2 is 1.76 bits per heavy atom. The molecular weight excluding hydrogens is 260 g/mol. The summed E-state index contributed by atoms with van der Waals surface area (Å²) in [6.45, 7) is 4.63. The molecule has 2 saturated heterocycles. The number of nitrogens with zero attached hydrogens (tertiary/aromatic N) is 3. The maximum atomic E-state index is 9.05. The second-order valence-electron chi connectivity index (χ2n) is 6.20. The van der Waals surface area contributed by atoms with Gasteiger partial charge in [-0.2, -0.15) is 5.26 Å². The molecule has 4 nitrogen and oxygen atoms in total. The fraction of sp³-hybridized carbons (Fsp3) is 0.588. The highest BCUT2D eigenvalue weighted by atomic mass is 15.2. The molecule has 0 spiro atoms. The molecule has 0 bridgehead atoms. The first kappa shape index (κ1) is 14.2. The number of piperidine rings is 2. The van der Waals surface area contributed by atoms with Crippen LogP contribution < -0.4 is 10.6 Å². The van der Waals surface area contributed by atoms with Crippen LogP contribution in [0.15, 0.2) is 18.2 Å². The molecule has 1 aromatic carbocycles. The standard InChI is InChI=1S/C17H24N4/c18-13-14-4-5-16(19)17(12-14)21-10-6-15(7-11-21)20-8-2-1-3-9-20/h4-5,12,15H,1-3,6-11,19H2. The van der Waals surface area contributed by atoms with E-state index in [1.807, 2.05) is 12.1 Å². The van der Waals surface area contributed by atoms with Crippen molar-refractivity contribution in [1.29, 1.82) is 5.26 Å². The van der Waals surface area contributed by atoms with Crippen LogP contribution in [0, 0.1) is 11.3 Å². The summed E-state index contributed by atoms with van der Waals surface area (Å²) in [4.78, 5) is 5.02. The van der Waals surface area contributed by atoms with E-state index >= 15 is 0 Å². The topological polar surface area (TPSA) is 56.3 Å². The average molecular weight is 284 g/mol. The van der Waals surface area contributed by atoms with Crippen molar-refractivity contribution in [3.05, 3.63) is 23.8 Å². The largest absolute Gasteiger partial charge is 0.397 e. The third kappa shape index (κ3) is 3.14. The number of hydrogen-bond donors (Lipinski definition) is 1. The fourth-order valence-corrected chi connectivity index (χ4v) is 3.64. The predicted molar refractivity (Wildman–Crippen MR) is 86.2 cm³/mol. The van der Waals surface area contributed by atoms with Crippen LogP contribution in [-0.4, -0.2) is 37.1 Å². The second kappa shape index (κ2) is 6.36. The van der Waals surface area contributed by atoms with Gasteiger partial charge in [0, 0.05) is 19.1 Å². The molecule has 2 aliphatic heterocycles. The third-order valence-corrected chi connectivity index (χ3v) is 4.87. The first-order valence-corrected chi connectivity index (χ1v) is 8.06. The third-order valence-electron chi connectivity index (χ3n) is 4.87. The molecule has 0 radical (unpaired) electrons. The van der Waals surface area contributed by atoms with Gasteiger partial charge in [0.2, 0.25) is 0 Å². The molecule has 2 fully saturated rings. The maximum absolute atomic E-state index is 9.05. The van der Waals surface area contributed by atoms with E-state index in [0.717, 1.165) is 30.5 Å². The van der Waals surface area contributed by atoms with Crippen molar-refractivity contribution in [3.8, 4) is 6.07 Å². The molecule has 0 unspecified atom stereocenters. The molecule has 0 saturated carbocycles. The van der Waals surface area contributed by atoms with Crippen LogP contribution in [0.1, 0.15) is 37.7 Å². The van der Waals surface area contributed by atoms with Gasteiger partial charge in [-0.15, -0.1) is 0 Å². The summed E-state index contributed by atoms with van der Waals surface area (Å²) in [5.41, 5.74) is 8.60. The first-order chi connectivity index (χ1) is 10.3. The molecule has 2 aliphatic rings. The lowest BCUT2D eigenvalue weighted by molar-refractivity contribution is 0.141. The molecule has 0 amide bonds. The van der Waals surface area contributed by atoms with E-state index in [-0.39, 0.29) is 0 Å². The number of nitrogen functional groups attached to an aromatic ring is 1. The summed E-state index contributed by atoms with van der Waals surface area (Å²) in [5.74, 6) is 0. The quantitative estimate of drug-likeness (QED) is 0.848. The van der Waals surface area contributed by atoms with Gasteiger partial charge < -0.3 is 15.5 Å². The zero-order valence-electron chi connectivity index (χ0n) is 12.6. The molecule has 0 aliphatic carbocycles. The van der Waals surface area contributed by atoms with Gasteiger partial charge in [0.1, 0.15) is 0 Å². The van der Waals surface area contributed by atoms with Gasteiger partial charge >= 0.3 is 0 Å². The van der Waals surface area contributed by atoms with Crippen LogP contribution in [-0.2, 0) is 0 Å². The summed E-state index contributed by atoms with van der Waals surface area (Å²) in [7, 11) is 0. The van der Waals surface area contributed by atoms with E-state index in [9.17, 15) is 0 Å². The molecule has 0 atom stereocenters. The lowest BCUT2D eigenvalue weighted by Gasteiger charge is -2.41. The van der Waals surface area contributed by atoms with Gasteiger partial charge in [0.15, 0.2) is 0 Å². The van der Waals surface area contributed by atoms with Crippen LogP contribution in [0.2, 0.25) is 0 Å². The Balaban J connectivity index is 1.64. The number of rotatable bonds is 2. The Bertz CT molecular complexity index is 520. The van der Waals surface area contributed by atoms with Crippen LogP contribution >= 0.6 is 0 Å².